The van der Waals surface area contributed by atoms with Crippen LogP contribution in [0.4, 0.5) is 13.2 Å². The molecule has 0 aliphatic carbocycles. The van der Waals surface area contributed by atoms with E-state index >= 15 is 0 Å². The molecule has 0 fully saturated rings. The standard InChI is InChI=1S/C14H20ClF3N2O2S/c1-9(20-23(21)13(2,3)4)10-5-11(15)12(19-6-10)7-22-8-14(16,17)18/h5-6,9,20H,7-8H2,1-4H3/t9-,23?/m1/s1. The summed E-state index contributed by atoms with van der Waals surface area (Å²) in [5, 5.41) is 0.208. The second-order valence-corrected chi connectivity index (χ2v) is 8.43. The van der Waals surface area contributed by atoms with E-state index in [-0.39, 0.29) is 23.4 Å². The highest BCUT2D eigenvalue weighted by Crippen LogP contribution is 2.23. The molecular formula is C14H20ClF3N2O2S. The van der Waals surface area contributed by atoms with Crippen molar-refractivity contribution in [3.8, 4) is 0 Å². The summed E-state index contributed by atoms with van der Waals surface area (Å²) in [7, 11) is -1.27. The summed E-state index contributed by atoms with van der Waals surface area (Å²) < 4.78 is 55.2. The van der Waals surface area contributed by atoms with Crippen LogP contribution >= 0.6 is 11.6 Å². The van der Waals surface area contributed by atoms with Crippen LogP contribution in [-0.4, -0.2) is 26.7 Å². The third-order valence-electron chi connectivity index (χ3n) is 2.78. The Morgan fingerprint density at radius 2 is 2.00 bits per heavy atom. The fourth-order valence-corrected chi connectivity index (χ4v) is 2.53. The van der Waals surface area contributed by atoms with Crippen LogP contribution in [0, 0.1) is 0 Å². The van der Waals surface area contributed by atoms with E-state index in [0.717, 1.165) is 0 Å². The normalized spacial score (nSPS) is 15.5. The predicted octanol–water partition coefficient (Wildman–Crippen LogP) is 3.93. The van der Waals surface area contributed by atoms with Crippen molar-refractivity contribution in [2.24, 2.45) is 0 Å². The first kappa shape index (κ1) is 20.3. The highest BCUT2D eigenvalue weighted by atomic mass is 35.5. The van der Waals surface area contributed by atoms with Crippen molar-refractivity contribution < 1.29 is 22.1 Å². The van der Waals surface area contributed by atoms with Crippen LogP contribution in [0.5, 0.6) is 0 Å². The lowest BCUT2D eigenvalue weighted by Gasteiger charge is -2.22. The molecule has 1 aromatic rings. The van der Waals surface area contributed by atoms with Crippen LogP contribution < -0.4 is 4.72 Å². The molecule has 1 rings (SSSR count). The molecule has 4 nitrogen and oxygen atoms in total. The minimum absolute atomic E-state index is 0.208. The average Bonchev–Trinajstić information content (AvgIpc) is 2.37. The molecule has 1 unspecified atom stereocenters. The highest BCUT2D eigenvalue weighted by molar-refractivity contribution is 7.84. The lowest BCUT2D eigenvalue weighted by atomic mass is 10.1. The van der Waals surface area contributed by atoms with Gasteiger partial charge in [-0.15, -0.1) is 0 Å². The number of aromatic nitrogens is 1. The van der Waals surface area contributed by atoms with Crippen LogP contribution in [0.25, 0.3) is 0 Å². The van der Waals surface area contributed by atoms with Crippen molar-refractivity contribution in [2.45, 2.75) is 51.3 Å². The van der Waals surface area contributed by atoms with Gasteiger partial charge in [-0.05, 0) is 39.3 Å². The van der Waals surface area contributed by atoms with Crippen molar-refractivity contribution in [1.29, 1.82) is 0 Å². The summed E-state index contributed by atoms with van der Waals surface area (Å²) in [6.45, 7) is 5.65. The van der Waals surface area contributed by atoms with E-state index in [1.165, 1.54) is 6.20 Å². The van der Waals surface area contributed by atoms with E-state index in [1.54, 1.807) is 13.0 Å². The molecule has 0 saturated heterocycles. The van der Waals surface area contributed by atoms with E-state index in [2.05, 4.69) is 14.4 Å². The Kier molecular flexibility index (Phi) is 7.00. The lowest BCUT2D eigenvalue weighted by molar-refractivity contribution is -0.176. The zero-order valence-electron chi connectivity index (χ0n) is 13.3. The van der Waals surface area contributed by atoms with Gasteiger partial charge in [0.2, 0.25) is 0 Å². The number of nitrogens with one attached hydrogen (secondary N) is 1. The van der Waals surface area contributed by atoms with E-state index in [9.17, 15) is 17.4 Å². The minimum atomic E-state index is -4.39. The van der Waals surface area contributed by atoms with Crippen molar-refractivity contribution in [1.82, 2.24) is 9.71 Å². The van der Waals surface area contributed by atoms with Gasteiger partial charge in [-0.1, -0.05) is 11.6 Å². The molecule has 0 aromatic carbocycles. The Labute approximate surface area is 141 Å². The summed E-state index contributed by atoms with van der Waals surface area (Å²) in [4.78, 5) is 4.03. The van der Waals surface area contributed by atoms with Crippen LogP contribution in [0.1, 0.15) is 45.0 Å². The third-order valence-corrected chi connectivity index (χ3v) is 4.79. The van der Waals surface area contributed by atoms with E-state index in [0.29, 0.717) is 5.56 Å². The second-order valence-electron chi connectivity index (χ2n) is 6.03. The van der Waals surface area contributed by atoms with Gasteiger partial charge in [-0.2, -0.15) is 13.2 Å². The predicted molar refractivity (Wildman–Crippen MR) is 84.4 cm³/mol. The minimum Gasteiger partial charge on any atom is -0.366 e. The highest BCUT2D eigenvalue weighted by Gasteiger charge is 2.27. The number of nitrogens with zero attached hydrogens (tertiary/aromatic N) is 1. The molecular weight excluding hydrogens is 353 g/mol. The first-order valence-electron chi connectivity index (χ1n) is 6.87. The third kappa shape index (κ3) is 7.15. The SMILES string of the molecule is C[C@@H](NS(=O)C(C)(C)C)c1cnc(COCC(F)(F)F)c(Cl)c1. The lowest BCUT2D eigenvalue weighted by Crippen LogP contribution is -2.34. The van der Waals surface area contributed by atoms with Crippen LogP contribution in [0.3, 0.4) is 0 Å². The molecule has 0 bridgehead atoms. The van der Waals surface area contributed by atoms with Crippen molar-refractivity contribution in [3.63, 3.8) is 0 Å². The topological polar surface area (TPSA) is 51.2 Å². The number of ether oxygens (including phenoxy) is 1. The van der Waals surface area contributed by atoms with E-state index < -0.39 is 28.5 Å². The van der Waals surface area contributed by atoms with Gasteiger partial charge in [0, 0.05) is 12.2 Å². The maximum Gasteiger partial charge on any atom is 0.411 e. The zero-order chi connectivity index (χ0) is 17.8. The van der Waals surface area contributed by atoms with Crippen molar-refractivity contribution in [2.75, 3.05) is 6.61 Å². The molecule has 0 aliphatic rings. The first-order chi connectivity index (χ1) is 10.4. The Balaban J connectivity index is 2.70. The van der Waals surface area contributed by atoms with Crippen LogP contribution in [0.15, 0.2) is 12.3 Å². The molecule has 0 amide bonds. The van der Waals surface area contributed by atoms with Gasteiger partial charge in [0.15, 0.2) is 0 Å². The fourth-order valence-electron chi connectivity index (χ4n) is 1.49. The number of rotatable bonds is 6. The first-order valence-corrected chi connectivity index (χ1v) is 8.40. The Morgan fingerprint density at radius 1 is 1.39 bits per heavy atom. The van der Waals surface area contributed by atoms with E-state index in [1.807, 2.05) is 20.8 Å². The van der Waals surface area contributed by atoms with Gasteiger partial charge in [0.25, 0.3) is 0 Å². The van der Waals surface area contributed by atoms with Gasteiger partial charge in [0.05, 0.1) is 33.1 Å². The summed E-state index contributed by atoms with van der Waals surface area (Å²) in [6, 6.07) is 1.31. The number of pyridine rings is 1. The van der Waals surface area contributed by atoms with Gasteiger partial charge >= 0.3 is 6.18 Å². The van der Waals surface area contributed by atoms with Crippen molar-refractivity contribution >= 4 is 22.6 Å². The second kappa shape index (κ2) is 7.92. The fraction of sp³-hybridized carbons (Fsp3) is 0.643. The number of hydrogen-bond acceptors (Lipinski definition) is 3. The monoisotopic (exact) mass is 372 g/mol. The molecule has 1 N–H and O–H groups in total. The molecule has 1 aromatic heterocycles. The van der Waals surface area contributed by atoms with Gasteiger partial charge in [-0.3, -0.25) is 4.98 Å². The molecule has 0 saturated carbocycles. The molecule has 0 radical (unpaired) electrons. The summed E-state index contributed by atoms with van der Waals surface area (Å²) in [5.41, 5.74) is 0.913. The summed E-state index contributed by atoms with van der Waals surface area (Å²) >= 11 is 6.02. The Hall–Kier alpha value is -0.700. The molecule has 0 spiro atoms. The molecule has 2 atom stereocenters. The van der Waals surface area contributed by atoms with E-state index in [4.69, 9.17) is 11.6 Å². The van der Waals surface area contributed by atoms with Gasteiger partial charge in [0.1, 0.15) is 6.61 Å². The quantitative estimate of drug-likeness (QED) is 0.823. The summed E-state index contributed by atoms with van der Waals surface area (Å²) in [6.07, 6.45) is -2.91. The zero-order valence-corrected chi connectivity index (χ0v) is 14.9. The van der Waals surface area contributed by atoms with Gasteiger partial charge in [-0.25, -0.2) is 8.93 Å². The summed E-state index contributed by atoms with van der Waals surface area (Å²) in [5.74, 6) is 0. The van der Waals surface area contributed by atoms with Crippen molar-refractivity contribution in [3.05, 3.63) is 28.5 Å². The van der Waals surface area contributed by atoms with Gasteiger partial charge < -0.3 is 4.74 Å². The Morgan fingerprint density at radius 3 is 2.48 bits per heavy atom. The maximum atomic E-state index is 12.1. The average molecular weight is 373 g/mol. The number of hydrogen-bond donors (Lipinski definition) is 1. The largest absolute Gasteiger partial charge is 0.411 e. The number of halogens is 4. The molecule has 132 valence electrons. The molecule has 9 heteroatoms. The molecule has 0 aliphatic heterocycles. The number of alkyl halides is 3. The Bertz CT molecular complexity index is 562. The van der Waals surface area contributed by atoms with Crippen LogP contribution in [0.2, 0.25) is 5.02 Å². The maximum absolute atomic E-state index is 12.1. The smallest absolute Gasteiger partial charge is 0.366 e. The molecule has 1 heterocycles. The van der Waals surface area contributed by atoms with Crippen LogP contribution in [-0.2, 0) is 22.3 Å². The molecule has 23 heavy (non-hydrogen) atoms.